The van der Waals surface area contributed by atoms with Gasteiger partial charge < -0.3 is 10.6 Å². The summed E-state index contributed by atoms with van der Waals surface area (Å²) >= 11 is 0. The molecule has 0 bridgehead atoms. The number of nitrogens with zero attached hydrogens (tertiary/aromatic N) is 2. The molecular weight excluding hydrogens is 226 g/mol. The van der Waals surface area contributed by atoms with E-state index in [1.165, 1.54) is 0 Å². The smallest absolute Gasteiger partial charge is 0.242 e. The normalized spacial score (nSPS) is 18.2. The van der Waals surface area contributed by atoms with Crippen molar-refractivity contribution in [2.75, 3.05) is 7.05 Å². The molecule has 0 aliphatic heterocycles. The van der Waals surface area contributed by atoms with Gasteiger partial charge in [0.2, 0.25) is 5.91 Å². The Morgan fingerprint density at radius 2 is 2.22 bits per heavy atom. The van der Waals surface area contributed by atoms with Crippen LogP contribution >= 0.6 is 0 Å². The van der Waals surface area contributed by atoms with Crippen LogP contribution in [-0.4, -0.2) is 28.4 Å². The summed E-state index contributed by atoms with van der Waals surface area (Å²) in [6, 6.07) is 5.84. The van der Waals surface area contributed by atoms with Crippen molar-refractivity contribution in [1.82, 2.24) is 9.88 Å². The van der Waals surface area contributed by atoms with Crippen LogP contribution in [0.4, 0.5) is 0 Å². The van der Waals surface area contributed by atoms with Crippen LogP contribution in [0.1, 0.15) is 31.2 Å². The maximum absolute atomic E-state index is 12.3. The number of hydrogen-bond acceptors (Lipinski definition) is 3. The molecule has 0 saturated heterocycles. The molecule has 1 aliphatic carbocycles. The van der Waals surface area contributed by atoms with E-state index in [0.29, 0.717) is 12.5 Å². The monoisotopic (exact) mass is 247 g/mol. The van der Waals surface area contributed by atoms with E-state index in [-0.39, 0.29) is 5.91 Å². The van der Waals surface area contributed by atoms with Gasteiger partial charge >= 0.3 is 0 Å². The molecule has 2 rings (SSSR count). The van der Waals surface area contributed by atoms with Crippen molar-refractivity contribution >= 4 is 5.91 Å². The van der Waals surface area contributed by atoms with Crippen molar-refractivity contribution in [2.24, 2.45) is 11.7 Å². The minimum Gasteiger partial charge on any atom is -0.338 e. The summed E-state index contributed by atoms with van der Waals surface area (Å²) in [7, 11) is 1.79. The van der Waals surface area contributed by atoms with Gasteiger partial charge in [0.15, 0.2) is 0 Å². The van der Waals surface area contributed by atoms with Crippen molar-refractivity contribution < 1.29 is 4.79 Å². The Balaban J connectivity index is 2.03. The first-order chi connectivity index (χ1) is 8.41. The lowest BCUT2D eigenvalue weighted by atomic mass is 9.95. The second-order valence-corrected chi connectivity index (χ2v) is 5.49. The first-order valence-corrected chi connectivity index (χ1v) is 6.38. The zero-order chi connectivity index (χ0) is 13.3. The molecule has 1 unspecified atom stereocenters. The topological polar surface area (TPSA) is 59.2 Å². The standard InChI is InChI=1S/C14H21N3O/c1-10-5-4-6-12(16-10)9-17(3)13(18)14(2,15)11-7-8-11/h4-6,11H,7-9,15H2,1-3H3. The molecule has 2 N–H and O–H groups in total. The number of pyridine rings is 1. The fourth-order valence-corrected chi connectivity index (χ4v) is 2.27. The molecule has 0 radical (unpaired) electrons. The van der Waals surface area contributed by atoms with Crippen molar-refractivity contribution in [3.05, 3.63) is 29.6 Å². The lowest BCUT2D eigenvalue weighted by Crippen LogP contribution is -2.53. The first-order valence-electron chi connectivity index (χ1n) is 6.38. The summed E-state index contributed by atoms with van der Waals surface area (Å²) in [5, 5.41) is 0. The highest BCUT2D eigenvalue weighted by atomic mass is 16.2. The third-order valence-electron chi connectivity index (χ3n) is 3.58. The third-order valence-corrected chi connectivity index (χ3v) is 3.58. The molecule has 0 spiro atoms. The Morgan fingerprint density at radius 1 is 1.56 bits per heavy atom. The van der Waals surface area contributed by atoms with Crippen LogP contribution in [0.3, 0.4) is 0 Å². The van der Waals surface area contributed by atoms with Crippen molar-refractivity contribution in [3.8, 4) is 0 Å². The molecule has 1 aromatic heterocycles. The molecule has 1 amide bonds. The lowest BCUT2D eigenvalue weighted by molar-refractivity contribution is -0.136. The molecule has 98 valence electrons. The predicted octanol–water partition coefficient (Wildman–Crippen LogP) is 1.48. The molecule has 1 heterocycles. The second kappa shape index (κ2) is 4.69. The third kappa shape index (κ3) is 2.70. The van der Waals surface area contributed by atoms with Crippen molar-refractivity contribution in [2.45, 2.75) is 38.8 Å². The van der Waals surface area contributed by atoms with Gasteiger partial charge in [0.05, 0.1) is 17.8 Å². The average Bonchev–Trinajstić information content (AvgIpc) is 3.11. The quantitative estimate of drug-likeness (QED) is 0.876. The molecular formula is C14H21N3O. The number of nitrogens with two attached hydrogens (primary N) is 1. The lowest BCUT2D eigenvalue weighted by Gasteiger charge is -2.29. The van der Waals surface area contributed by atoms with Crippen LogP contribution in [-0.2, 0) is 11.3 Å². The van der Waals surface area contributed by atoms with Crippen LogP contribution < -0.4 is 5.73 Å². The Morgan fingerprint density at radius 3 is 2.78 bits per heavy atom. The van der Waals surface area contributed by atoms with Gasteiger partial charge in [-0.05, 0) is 44.7 Å². The highest BCUT2D eigenvalue weighted by Crippen LogP contribution is 2.38. The van der Waals surface area contributed by atoms with Crippen molar-refractivity contribution in [3.63, 3.8) is 0 Å². The van der Waals surface area contributed by atoms with Gasteiger partial charge in [-0.15, -0.1) is 0 Å². The predicted molar refractivity (Wildman–Crippen MR) is 70.8 cm³/mol. The largest absolute Gasteiger partial charge is 0.338 e. The van der Waals surface area contributed by atoms with Crippen LogP contribution in [0, 0.1) is 12.8 Å². The van der Waals surface area contributed by atoms with E-state index in [1.54, 1.807) is 11.9 Å². The van der Waals surface area contributed by atoms with Gasteiger partial charge in [-0.2, -0.15) is 0 Å². The van der Waals surface area contributed by atoms with Crippen molar-refractivity contribution in [1.29, 1.82) is 0 Å². The summed E-state index contributed by atoms with van der Waals surface area (Å²) in [5.74, 6) is 0.353. The summed E-state index contributed by atoms with van der Waals surface area (Å²) in [6.07, 6.45) is 2.13. The molecule has 1 aromatic rings. The molecule has 18 heavy (non-hydrogen) atoms. The number of rotatable bonds is 4. The second-order valence-electron chi connectivity index (χ2n) is 5.49. The molecule has 1 aliphatic rings. The van der Waals surface area contributed by atoms with Crippen LogP contribution in [0.5, 0.6) is 0 Å². The Hall–Kier alpha value is -1.42. The molecule has 1 saturated carbocycles. The number of hydrogen-bond donors (Lipinski definition) is 1. The first kappa shape index (κ1) is 13.0. The minimum atomic E-state index is -0.724. The highest BCUT2D eigenvalue weighted by molar-refractivity contribution is 5.86. The number of likely N-dealkylation sites (N-methyl/N-ethyl adjacent to an activating group) is 1. The maximum atomic E-state index is 12.3. The van der Waals surface area contributed by atoms with E-state index < -0.39 is 5.54 Å². The fraction of sp³-hybridized carbons (Fsp3) is 0.571. The van der Waals surface area contributed by atoms with E-state index in [9.17, 15) is 4.79 Å². The highest BCUT2D eigenvalue weighted by Gasteiger charge is 2.45. The van der Waals surface area contributed by atoms with Gasteiger partial charge in [0.1, 0.15) is 0 Å². The fourth-order valence-electron chi connectivity index (χ4n) is 2.27. The van der Waals surface area contributed by atoms with Gasteiger partial charge in [0, 0.05) is 12.7 Å². The summed E-state index contributed by atoms with van der Waals surface area (Å²) in [4.78, 5) is 18.4. The molecule has 4 nitrogen and oxygen atoms in total. The number of carbonyl (C=O) groups is 1. The zero-order valence-electron chi connectivity index (χ0n) is 11.3. The zero-order valence-corrected chi connectivity index (χ0v) is 11.3. The van der Waals surface area contributed by atoms with Gasteiger partial charge in [-0.3, -0.25) is 9.78 Å². The van der Waals surface area contributed by atoms with E-state index in [2.05, 4.69) is 4.98 Å². The number of aromatic nitrogens is 1. The summed E-state index contributed by atoms with van der Waals surface area (Å²) in [5.41, 5.74) is 7.28. The van der Waals surface area contributed by atoms with E-state index in [4.69, 9.17) is 5.73 Å². The summed E-state index contributed by atoms with van der Waals surface area (Å²) < 4.78 is 0. The number of carbonyl (C=O) groups excluding carboxylic acids is 1. The molecule has 0 aromatic carbocycles. The molecule has 1 atom stereocenters. The Kier molecular flexibility index (Phi) is 3.39. The van der Waals surface area contributed by atoms with Crippen LogP contribution in [0.25, 0.3) is 0 Å². The van der Waals surface area contributed by atoms with Crippen LogP contribution in [0.2, 0.25) is 0 Å². The number of aryl methyl sites for hydroxylation is 1. The average molecular weight is 247 g/mol. The van der Waals surface area contributed by atoms with Gasteiger partial charge in [0.25, 0.3) is 0 Å². The van der Waals surface area contributed by atoms with Gasteiger partial charge in [-0.25, -0.2) is 0 Å². The van der Waals surface area contributed by atoms with Gasteiger partial charge in [-0.1, -0.05) is 6.07 Å². The molecule has 4 heteroatoms. The molecule has 1 fully saturated rings. The summed E-state index contributed by atoms with van der Waals surface area (Å²) in [6.45, 7) is 4.30. The SMILES string of the molecule is Cc1cccc(CN(C)C(=O)C(C)(N)C2CC2)n1. The Labute approximate surface area is 108 Å². The minimum absolute atomic E-state index is 0.00769. The Bertz CT molecular complexity index is 452. The maximum Gasteiger partial charge on any atom is 0.242 e. The number of amides is 1. The van der Waals surface area contributed by atoms with E-state index in [0.717, 1.165) is 24.2 Å². The van der Waals surface area contributed by atoms with Crippen LogP contribution in [0.15, 0.2) is 18.2 Å². The van der Waals surface area contributed by atoms with E-state index in [1.807, 2.05) is 32.0 Å². The van der Waals surface area contributed by atoms with E-state index >= 15 is 0 Å².